The molecule has 7 heteroatoms. The van der Waals surface area contributed by atoms with E-state index < -0.39 is 41.9 Å². The summed E-state index contributed by atoms with van der Waals surface area (Å²) in [5.74, 6) is -2.71. The van der Waals surface area contributed by atoms with Gasteiger partial charge in [0.25, 0.3) is 5.91 Å². The number of amides is 1. The van der Waals surface area contributed by atoms with Crippen LogP contribution in [0, 0.1) is 11.6 Å². The number of carbonyl (C=O) groups excluding carboxylic acids is 2. The van der Waals surface area contributed by atoms with Gasteiger partial charge in [0.15, 0.2) is 12.7 Å². The van der Waals surface area contributed by atoms with Gasteiger partial charge >= 0.3 is 5.97 Å². The van der Waals surface area contributed by atoms with Gasteiger partial charge in [-0.25, -0.2) is 13.6 Å². The van der Waals surface area contributed by atoms with E-state index in [2.05, 4.69) is 5.32 Å². The van der Waals surface area contributed by atoms with E-state index in [0.717, 1.165) is 17.7 Å². The SMILES string of the molecule is CC(C)c1ccccc1OCC(=O)O[C@@H](C)C(=O)Nc1c(F)cccc1F. The molecule has 1 N–H and O–H groups in total. The summed E-state index contributed by atoms with van der Waals surface area (Å²) in [5.41, 5.74) is 0.346. The number of anilines is 1. The highest BCUT2D eigenvalue weighted by atomic mass is 19.1. The average Bonchev–Trinajstić information content (AvgIpc) is 2.63. The van der Waals surface area contributed by atoms with Gasteiger partial charge in [-0.05, 0) is 36.6 Å². The molecule has 0 aliphatic rings. The van der Waals surface area contributed by atoms with Crippen LogP contribution in [0.2, 0.25) is 0 Å². The van der Waals surface area contributed by atoms with Crippen molar-refractivity contribution in [1.29, 1.82) is 0 Å². The fraction of sp³-hybridized carbons (Fsp3) is 0.300. The lowest BCUT2D eigenvalue weighted by molar-refractivity contribution is -0.155. The minimum Gasteiger partial charge on any atom is -0.482 e. The van der Waals surface area contributed by atoms with Crippen molar-refractivity contribution in [3.05, 3.63) is 59.7 Å². The van der Waals surface area contributed by atoms with Crippen molar-refractivity contribution in [2.24, 2.45) is 0 Å². The summed E-state index contributed by atoms with van der Waals surface area (Å²) in [4.78, 5) is 23.9. The third-order valence-electron chi connectivity index (χ3n) is 3.77. The smallest absolute Gasteiger partial charge is 0.344 e. The zero-order chi connectivity index (χ0) is 20.0. The molecule has 5 nitrogen and oxygen atoms in total. The molecule has 27 heavy (non-hydrogen) atoms. The quantitative estimate of drug-likeness (QED) is 0.740. The highest BCUT2D eigenvalue weighted by Gasteiger charge is 2.21. The second kappa shape index (κ2) is 9.12. The number of rotatable bonds is 7. The fourth-order valence-electron chi connectivity index (χ4n) is 2.35. The van der Waals surface area contributed by atoms with Crippen LogP contribution in [0.5, 0.6) is 5.75 Å². The second-order valence-corrected chi connectivity index (χ2v) is 6.20. The molecule has 0 heterocycles. The molecule has 0 aromatic heterocycles. The summed E-state index contributed by atoms with van der Waals surface area (Å²) in [6, 6.07) is 10.5. The lowest BCUT2D eigenvalue weighted by Gasteiger charge is -2.16. The van der Waals surface area contributed by atoms with Crippen LogP contribution in [0.15, 0.2) is 42.5 Å². The number of nitrogens with one attached hydrogen (secondary N) is 1. The molecule has 0 aliphatic heterocycles. The molecule has 0 spiro atoms. The van der Waals surface area contributed by atoms with Gasteiger partial charge in [0.2, 0.25) is 0 Å². The Morgan fingerprint density at radius 2 is 1.63 bits per heavy atom. The summed E-state index contributed by atoms with van der Waals surface area (Å²) in [5, 5.41) is 2.07. The Bertz CT molecular complexity index is 803. The van der Waals surface area contributed by atoms with Crippen LogP contribution in [0.1, 0.15) is 32.3 Å². The first kappa shape index (κ1) is 20.4. The number of para-hydroxylation sites is 2. The monoisotopic (exact) mass is 377 g/mol. The number of esters is 1. The topological polar surface area (TPSA) is 64.6 Å². The van der Waals surface area contributed by atoms with E-state index >= 15 is 0 Å². The van der Waals surface area contributed by atoms with Crippen molar-refractivity contribution < 1.29 is 27.8 Å². The Kier molecular flexibility index (Phi) is 6.87. The maximum Gasteiger partial charge on any atom is 0.344 e. The predicted octanol–water partition coefficient (Wildman–Crippen LogP) is 4.04. The maximum absolute atomic E-state index is 13.6. The van der Waals surface area contributed by atoms with Gasteiger partial charge < -0.3 is 14.8 Å². The molecule has 0 saturated carbocycles. The lowest BCUT2D eigenvalue weighted by Crippen LogP contribution is -2.32. The van der Waals surface area contributed by atoms with E-state index in [1.54, 1.807) is 12.1 Å². The van der Waals surface area contributed by atoms with Gasteiger partial charge in [0.1, 0.15) is 23.1 Å². The predicted molar refractivity (Wildman–Crippen MR) is 96.6 cm³/mol. The van der Waals surface area contributed by atoms with Gasteiger partial charge in [-0.3, -0.25) is 4.79 Å². The van der Waals surface area contributed by atoms with Crippen LogP contribution in [0.25, 0.3) is 0 Å². The third-order valence-corrected chi connectivity index (χ3v) is 3.77. The normalized spacial score (nSPS) is 11.8. The molecular weight excluding hydrogens is 356 g/mol. The highest BCUT2D eigenvalue weighted by molar-refractivity contribution is 5.95. The standard InChI is InChI=1S/C20H21F2NO4/c1-12(2)14-7-4-5-10-17(14)26-11-18(24)27-13(3)20(25)23-19-15(21)8-6-9-16(19)22/h4-10,12-13H,11H2,1-3H3,(H,23,25)/t13-/m0/s1. The van der Waals surface area contributed by atoms with Crippen LogP contribution in [-0.2, 0) is 14.3 Å². The molecule has 1 atom stereocenters. The summed E-state index contributed by atoms with van der Waals surface area (Å²) in [6.07, 6.45) is -1.25. The van der Waals surface area contributed by atoms with Crippen molar-refractivity contribution in [3.63, 3.8) is 0 Å². The Morgan fingerprint density at radius 1 is 1.00 bits per heavy atom. The zero-order valence-electron chi connectivity index (χ0n) is 15.3. The van der Waals surface area contributed by atoms with E-state index in [9.17, 15) is 18.4 Å². The van der Waals surface area contributed by atoms with Gasteiger partial charge in [-0.15, -0.1) is 0 Å². The molecule has 0 unspecified atom stereocenters. The Labute approximate surface area is 156 Å². The van der Waals surface area contributed by atoms with Crippen LogP contribution in [0.3, 0.4) is 0 Å². The number of benzene rings is 2. The highest BCUT2D eigenvalue weighted by Crippen LogP contribution is 2.25. The van der Waals surface area contributed by atoms with E-state index in [4.69, 9.17) is 9.47 Å². The first-order chi connectivity index (χ1) is 12.8. The van der Waals surface area contributed by atoms with Crippen LogP contribution in [0.4, 0.5) is 14.5 Å². The molecule has 0 aliphatic carbocycles. The van der Waals surface area contributed by atoms with Crippen molar-refractivity contribution in [1.82, 2.24) is 0 Å². The number of hydrogen-bond acceptors (Lipinski definition) is 4. The van der Waals surface area contributed by atoms with Gasteiger partial charge in [0.05, 0.1) is 0 Å². The van der Waals surface area contributed by atoms with Crippen molar-refractivity contribution in [2.45, 2.75) is 32.8 Å². The molecular formula is C20H21F2NO4. The van der Waals surface area contributed by atoms with Gasteiger partial charge in [-0.2, -0.15) is 0 Å². The molecule has 2 rings (SSSR count). The minimum atomic E-state index is -1.25. The largest absolute Gasteiger partial charge is 0.482 e. The van der Waals surface area contributed by atoms with Gasteiger partial charge in [0, 0.05) is 0 Å². The molecule has 2 aromatic carbocycles. The number of ether oxygens (including phenoxy) is 2. The minimum absolute atomic E-state index is 0.206. The van der Waals surface area contributed by atoms with E-state index in [-0.39, 0.29) is 5.92 Å². The number of hydrogen-bond donors (Lipinski definition) is 1. The van der Waals surface area contributed by atoms with Gasteiger partial charge in [-0.1, -0.05) is 38.1 Å². The number of carbonyl (C=O) groups is 2. The van der Waals surface area contributed by atoms with Crippen molar-refractivity contribution in [3.8, 4) is 5.75 Å². The Balaban J connectivity index is 1.91. The molecule has 1 amide bonds. The summed E-state index contributed by atoms with van der Waals surface area (Å²) in [7, 11) is 0. The second-order valence-electron chi connectivity index (χ2n) is 6.20. The summed E-state index contributed by atoms with van der Waals surface area (Å²) >= 11 is 0. The zero-order valence-corrected chi connectivity index (χ0v) is 15.3. The molecule has 2 aromatic rings. The maximum atomic E-state index is 13.6. The van der Waals surface area contributed by atoms with E-state index in [1.165, 1.54) is 13.0 Å². The molecule has 0 bridgehead atoms. The first-order valence-electron chi connectivity index (χ1n) is 8.45. The Morgan fingerprint density at radius 3 is 2.26 bits per heavy atom. The summed E-state index contributed by atoms with van der Waals surface area (Å²) in [6.45, 7) is 4.90. The average molecular weight is 377 g/mol. The number of halogens is 2. The molecule has 144 valence electrons. The molecule has 0 fully saturated rings. The van der Waals surface area contributed by atoms with E-state index in [0.29, 0.717) is 5.75 Å². The third kappa shape index (κ3) is 5.51. The molecule has 0 radical (unpaired) electrons. The van der Waals surface area contributed by atoms with Crippen LogP contribution < -0.4 is 10.1 Å². The van der Waals surface area contributed by atoms with Crippen LogP contribution >= 0.6 is 0 Å². The fourth-order valence-corrected chi connectivity index (χ4v) is 2.35. The Hall–Kier alpha value is -2.96. The van der Waals surface area contributed by atoms with Crippen LogP contribution in [-0.4, -0.2) is 24.6 Å². The van der Waals surface area contributed by atoms with Crippen molar-refractivity contribution in [2.75, 3.05) is 11.9 Å². The summed E-state index contributed by atoms with van der Waals surface area (Å²) < 4.78 is 37.6. The molecule has 0 saturated heterocycles. The van der Waals surface area contributed by atoms with Crippen molar-refractivity contribution >= 4 is 17.6 Å². The van der Waals surface area contributed by atoms with E-state index in [1.807, 2.05) is 26.0 Å². The lowest BCUT2D eigenvalue weighted by atomic mass is 10.0. The first-order valence-corrected chi connectivity index (χ1v) is 8.45.